The number of Topliss-reactive ketones (excluding diaryl/α,β-unsaturated/α-hetero) is 1. The van der Waals surface area contributed by atoms with Gasteiger partial charge in [0, 0.05) is 20.6 Å². The van der Waals surface area contributed by atoms with Gasteiger partial charge in [-0.2, -0.15) is 5.10 Å². The largest absolute Gasteiger partial charge is 0.292 e. The number of benzene rings is 3. The first-order valence-electron chi connectivity index (χ1n) is 10.9. The van der Waals surface area contributed by atoms with Crippen molar-refractivity contribution >= 4 is 64.3 Å². The fraction of sp³-hybridized carbons (Fsp3) is 0.154. The molecule has 2 fully saturated rings. The summed E-state index contributed by atoms with van der Waals surface area (Å²) < 4.78 is 0. The molecular weight excluding hydrogens is 509 g/mol. The van der Waals surface area contributed by atoms with Gasteiger partial charge in [-0.1, -0.05) is 59.1 Å². The predicted octanol–water partition coefficient (Wildman–Crippen LogP) is 5.41. The minimum atomic E-state index is -0.966. The molecule has 1 unspecified atom stereocenters. The van der Waals surface area contributed by atoms with Crippen molar-refractivity contribution in [1.29, 1.82) is 0 Å². The number of fused-ring (bicyclic) bond motifs is 5. The lowest BCUT2D eigenvalue weighted by Crippen LogP contribution is -2.44. The first-order valence-corrected chi connectivity index (χ1v) is 12.0. The van der Waals surface area contributed by atoms with Crippen LogP contribution in [0.5, 0.6) is 0 Å². The maximum Gasteiger partial charge on any atom is 0.240 e. The van der Waals surface area contributed by atoms with Gasteiger partial charge in [0.2, 0.25) is 11.8 Å². The molecule has 0 saturated carbocycles. The van der Waals surface area contributed by atoms with Crippen LogP contribution in [0.25, 0.3) is 0 Å². The molecule has 2 amide bonds. The molecule has 4 atom stereocenters. The van der Waals surface area contributed by atoms with Crippen LogP contribution in [-0.4, -0.2) is 34.9 Å². The van der Waals surface area contributed by atoms with Crippen molar-refractivity contribution in [1.82, 2.24) is 5.01 Å². The van der Waals surface area contributed by atoms with Gasteiger partial charge < -0.3 is 0 Å². The van der Waals surface area contributed by atoms with Gasteiger partial charge >= 0.3 is 0 Å². The van der Waals surface area contributed by atoms with Crippen molar-refractivity contribution < 1.29 is 14.4 Å². The summed E-state index contributed by atoms with van der Waals surface area (Å²) in [6, 6.07) is 17.1. The van der Waals surface area contributed by atoms with E-state index in [9.17, 15) is 14.4 Å². The second kappa shape index (κ2) is 8.19. The molecule has 3 aromatic rings. The van der Waals surface area contributed by atoms with E-state index in [-0.39, 0.29) is 11.5 Å². The number of hydrazone groups is 1. The molecule has 9 heteroatoms. The molecule has 174 valence electrons. The van der Waals surface area contributed by atoms with Crippen LogP contribution in [0.1, 0.15) is 27.5 Å². The molecule has 2 saturated heterocycles. The molecule has 35 heavy (non-hydrogen) atoms. The van der Waals surface area contributed by atoms with Gasteiger partial charge in [-0.25, -0.2) is 4.90 Å². The summed E-state index contributed by atoms with van der Waals surface area (Å²) in [4.78, 5) is 42.6. The number of rotatable bonds is 3. The van der Waals surface area contributed by atoms with Crippen molar-refractivity contribution in [2.75, 3.05) is 4.90 Å². The Bertz CT molecular complexity index is 1420. The SMILES string of the molecule is O=C(c1ccc(Cl)cc1)[C@@H]1[C@@H]2C(=O)N(c3cc(Cl)cc(Cl)c3)C(=O)[C@@H]2C2c3ccccc3C=NN21. The van der Waals surface area contributed by atoms with Gasteiger partial charge in [-0.05, 0) is 53.6 Å². The van der Waals surface area contributed by atoms with Crippen LogP contribution in [0, 0.1) is 11.8 Å². The van der Waals surface area contributed by atoms with E-state index in [2.05, 4.69) is 5.10 Å². The second-order valence-electron chi connectivity index (χ2n) is 8.71. The number of ketones is 1. The summed E-state index contributed by atoms with van der Waals surface area (Å²) in [5.41, 5.74) is 2.36. The first-order chi connectivity index (χ1) is 16.8. The summed E-state index contributed by atoms with van der Waals surface area (Å²) in [6.07, 6.45) is 1.67. The number of nitrogens with zero attached hydrogens (tertiary/aromatic N) is 3. The van der Waals surface area contributed by atoms with Gasteiger partial charge in [0.15, 0.2) is 5.78 Å². The minimum absolute atomic E-state index is 0.281. The minimum Gasteiger partial charge on any atom is -0.292 e. The molecule has 6 rings (SSSR count). The average Bonchev–Trinajstić information content (AvgIpc) is 3.31. The Morgan fingerprint density at radius 1 is 0.800 bits per heavy atom. The van der Waals surface area contributed by atoms with Crippen molar-refractivity contribution in [3.8, 4) is 0 Å². The predicted molar refractivity (Wildman–Crippen MR) is 134 cm³/mol. The van der Waals surface area contributed by atoms with Gasteiger partial charge in [-0.3, -0.25) is 19.4 Å². The number of anilines is 1. The average molecular weight is 525 g/mol. The monoisotopic (exact) mass is 523 g/mol. The van der Waals surface area contributed by atoms with E-state index in [0.29, 0.717) is 20.6 Å². The molecule has 0 spiro atoms. The molecule has 3 aliphatic rings. The first kappa shape index (κ1) is 22.3. The molecule has 3 aliphatic heterocycles. The highest BCUT2D eigenvalue weighted by molar-refractivity contribution is 6.36. The normalized spacial score (nSPS) is 24.4. The Morgan fingerprint density at radius 2 is 1.46 bits per heavy atom. The van der Waals surface area contributed by atoms with E-state index < -0.39 is 35.7 Å². The summed E-state index contributed by atoms with van der Waals surface area (Å²) in [5.74, 6) is -2.93. The highest BCUT2D eigenvalue weighted by Gasteiger charge is 2.65. The summed E-state index contributed by atoms with van der Waals surface area (Å²) in [7, 11) is 0. The summed E-state index contributed by atoms with van der Waals surface area (Å²) >= 11 is 18.4. The molecule has 0 aliphatic carbocycles. The summed E-state index contributed by atoms with van der Waals surface area (Å²) in [6.45, 7) is 0. The third-order valence-corrected chi connectivity index (χ3v) is 7.48. The molecular formula is C26H16Cl3N3O3. The third kappa shape index (κ3) is 3.39. The Kier molecular flexibility index (Phi) is 5.22. The number of amides is 2. The van der Waals surface area contributed by atoms with Gasteiger partial charge in [0.25, 0.3) is 0 Å². The van der Waals surface area contributed by atoms with Crippen LogP contribution >= 0.6 is 34.8 Å². The van der Waals surface area contributed by atoms with Crippen molar-refractivity contribution in [2.45, 2.75) is 12.1 Å². The van der Waals surface area contributed by atoms with Gasteiger partial charge in [-0.15, -0.1) is 0 Å². The van der Waals surface area contributed by atoms with Crippen LogP contribution in [-0.2, 0) is 9.59 Å². The standard InChI is InChI=1S/C26H16Cl3N3O3/c27-15-7-5-13(6-8-15)24(33)23-21-20(22-19-4-2-1-3-14(19)12-30-32(22)23)25(34)31(26(21)35)18-10-16(28)9-17(29)11-18/h1-12,20-23H/t20-,21+,22?,23-/m0/s1. The number of carbonyl (C=O) groups is 3. The molecule has 0 bridgehead atoms. The van der Waals surface area contributed by atoms with Gasteiger partial charge in [0.1, 0.15) is 6.04 Å². The molecule has 3 heterocycles. The van der Waals surface area contributed by atoms with E-state index in [4.69, 9.17) is 34.8 Å². The van der Waals surface area contributed by atoms with Crippen molar-refractivity contribution in [3.63, 3.8) is 0 Å². The van der Waals surface area contributed by atoms with Crippen LogP contribution in [0.3, 0.4) is 0 Å². The zero-order chi connectivity index (χ0) is 24.4. The van der Waals surface area contributed by atoms with E-state index in [1.165, 1.54) is 18.2 Å². The lowest BCUT2D eigenvalue weighted by Gasteiger charge is -2.33. The van der Waals surface area contributed by atoms with E-state index in [1.54, 1.807) is 35.5 Å². The molecule has 0 aromatic heterocycles. The van der Waals surface area contributed by atoms with Crippen LogP contribution in [0.4, 0.5) is 5.69 Å². The highest BCUT2D eigenvalue weighted by atomic mass is 35.5. The number of halogens is 3. The van der Waals surface area contributed by atoms with Crippen molar-refractivity contribution in [2.24, 2.45) is 16.9 Å². The maximum atomic E-state index is 13.8. The zero-order valence-electron chi connectivity index (χ0n) is 17.9. The van der Waals surface area contributed by atoms with Crippen LogP contribution in [0.15, 0.2) is 71.8 Å². The molecule has 6 nitrogen and oxygen atoms in total. The van der Waals surface area contributed by atoms with Crippen LogP contribution in [0.2, 0.25) is 15.1 Å². The maximum absolute atomic E-state index is 13.8. The Balaban J connectivity index is 1.50. The summed E-state index contributed by atoms with van der Waals surface area (Å²) in [5, 5.41) is 7.26. The fourth-order valence-electron chi connectivity index (χ4n) is 5.38. The van der Waals surface area contributed by atoms with Crippen molar-refractivity contribution in [3.05, 3.63) is 98.5 Å². The topological polar surface area (TPSA) is 70.0 Å². The Morgan fingerprint density at radius 3 is 2.17 bits per heavy atom. The van der Waals surface area contributed by atoms with Crippen LogP contribution < -0.4 is 4.90 Å². The fourth-order valence-corrected chi connectivity index (χ4v) is 6.02. The Hall–Kier alpha value is -3.19. The quantitative estimate of drug-likeness (QED) is 0.339. The number of hydrogen-bond acceptors (Lipinski definition) is 5. The number of carbonyl (C=O) groups excluding carboxylic acids is 3. The highest BCUT2D eigenvalue weighted by Crippen LogP contribution is 2.53. The zero-order valence-corrected chi connectivity index (χ0v) is 20.2. The number of hydrogen-bond donors (Lipinski definition) is 0. The smallest absolute Gasteiger partial charge is 0.240 e. The third-order valence-electron chi connectivity index (χ3n) is 6.80. The Labute approximate surface area is 215 Å². The molecule has 3 aromatic carbocycles. The lowest BCUT2D eigenvalue weighted by molar-refractivity contribution is -0.124. The van der Waals surface area contributed by atoms with E-state index >= 15 is 0 Å². The van der Waals surface area contributed by atoms with E-state index in [1.807, 2.05) is 24.3 Å². The second-order valence-corrected chi connectivity index (χ2v) is 10.0. The lowest BCUT2D eigenvalue weighted by atomic mass is 9.83. The molecule has 0 radical (unpaired) electrons. The van der Waals surface area contributed by atoms with E-state index in [0.717, 1.165) is 16.0 Å². The molecule has 0 N–H and O–H groups in total. The van der Waals surface area contributed by atoms with Gasteiger partial charge in [0.05, 0.1) is 29.8 Å². The number of imide groups is 1.